The summed E-state index contributed by atoms with van der Waals surface area (Å²) >= 11 is 0. The van der Waals surface area contributed by atoms with Crippen molar-refractivity contribution in [2.24, 2.45) is 0 Å². The molecule has 0 aliphatic rings. The second kappa shape index (κ2) is 8.36. The number of aryl methyl sites for hydroxylation is 1. The minimum atomic E-state index is -0.265. The summed E-state index contributed by atoms with van der Waals surface area (Å²) in [6.07, 6.45) is 0. The number of benzene rings is 2. The molecule has 2 aromatic rings. The van der Waals surface area contributed by atoms with Crippen LogP contribution in [0, 0.1) is 6.92 Å². The Morgan fingerprint density at radius 3 is 2.58 bits per heavy atom. The van der Waals surface area contributed by atoms with E-state index in [1.54, 1.807) is 7.11 Å². The molecule has 0 heterocycles. The van der Waals surface area contributed by atoms with Gasteiger partial charge in [-0.25, -0.2) is 4.79 Å². The first-order valence-corrected chi connectivity index (χ1v) is 7.91. The molecular formula is C19H24N2O3. The molecule has 2 rings (SSSR count). The van der Waals surface area contributed by atoms with E-state index in [0.717, 1.165) is 28.0 Å². The molecule has 5 nitrogen and oxygen atoms in total. The van der Waals surface area contributed by atoms with E-state index >= 15 is 0 Å². The maximum absolute atomic E-state index is 12.2. The molecule has 0 spiro atoms. The third kappa shape index (κ3) is 4.49. The zero-order valence-electron chi connectivity index (χ0n) is 14.3. The molecule has 0 aliphatic heterocycles. The van der Waals surface area contributed by atoms with Crippen LogP contribution in [0.5, 0.6) is 5.75 Å². The number of rotatable bonds is 6. The molecule has 2 aromatic carbocycles. The van der Waals surface area contributed by atoms with Crippen molar-refractivity contribution < 1.29 is 14.6 Å². The van der Waals surface area contributed by atoms with E-state index in [2.05, 4.69) is 10.6 Å². The van der Waals surface area contributed by atoms with E-state index < -0.39 is 0 Å². The molecular weight excluding hydrogens is 304 g/mol. The summed E-state index contributed by atoms with van der Waals surface area (Å²) in [6, 6.07) is 12.9. The first kappa shape index (κ1) is 17.8. The SMILES string of the molecule is COc1ccc(C)cc1C(C)NC(=O)NCc1ccccc1CO. The lowest BCUT2D eigenvalue weighted by Crippen LogP contribution is -2.36. The summed E-state index contributed by atoms with van der Waals surface area (Å²) in [5.74, 6) is 0.749. The number of methoxy groups -OCH3 is 1. The van der Waals surface area contributed by atoms with Gasteiger partial charge in [0.25, 0.3) is 0 Å². The van der Waals surface area contributed by atoms with Gasteiger partial charge in [-0.2, -0.15) is 0 Å². The van der Waals surface area contributed by atoms with Crippen LogP contribution in [-0.4, -0.2) is 18.2 Å². The number of nitrogens with one attached hydrogen (secondary N) is 2. The van der Waals surface area contributed by atoms with Gasteiger partial charge in [0.05, 0.1) is 19.8 Å². The van der Waals surface area contributed by atoms with Crippen LogP contribution in [0.2, 0.25) is 0 Å². The van der Waals surface area contributed by atoms with Crippen molar-refractivity contribution in [3.63, 3.8) is 0 Å². The number of urea groups is 1. The highest BCUT2D eigenvalue weighted by Crippen LogP contribution is 2.25. The van der Waals surface area contributed by atoms with Gasteiger partial charge in [0.1, 0.15) is 5.75 Å². The van der Waals surface area contributed by atoms with Crippen LogP contribution in [0.1, 0.15) is 35.2 Å². The van der Waals surface area contributed by atoms with Crippen molar-refractivity contribution in [1.82, 2.24) is 10.6 Å². The Kier molecular flexibility index (Phi) is 6.21. The Bertz CT molecular complexity index is 701. The van der Waals surface area contributed by atoms with Crippen LogP contribution in [0.25, 0.3) is 0 Å². The lowest BCUT2D eigenvalue weighted by Gasteiger charge is -2.18. The Balaban J connectivity index is 1.98. The fourth-order valence-electron chi connectivity index (χ4n) is 2.58. The number of ether oxygens (including phenoxy) is 1. The van der Waals surface area contributed by atoms with E-state index in [9.17, 15) is 9.90 Å². The van der Waals surface area contributed by atoms with E-state index in [1.165, 1.54) is 0 Å². The summed E-state index contributed by atoms with van der Waals surface area (Å²) in [5, 5.41) is 15.1. The largest absolute Gasteiger partial charge is 0.496 e. The standard InChI is InChI=1S/C19H24N2O3/c1-13-8-9-18(24-3)17(10-13)14(2)21-19(23)20-11-15-6-4-5-7-16(15)12-22/h4-10,14,22H,11-12H2,1-3H3,(H2,20,21,23). The lowest BCUT2D eigenvalue weighted by molar-refractivity contribution is 0.237. The van der Waals surface area contributed by atoms with Gasteiger partial charge in [0.2, 0.25) is 0 Å². The lowest BCUT2D eigenvalue weighted by atomic mass is 10.0. The minimum Gasteiger partial charge on any atom is -0.496 e. The molecule has 0 radical (unpaired) electrons. The van der Waals surface area contributed by atoms with Gasteiger partial charge in [-0.05, 0) is 31.0 Å². The summed E-state index contributed by atoms with van der Waals surface area (Å²) in [4.78, 5) is 12.2. The Morgan fingerprint density at radius 2 is 1.92 bits per heavy atom. The van der Waals surface area contributed by atoms with Crippen molar-refractivity contribution >= 4 is 6.03 Å². The number of amides is 2. The van der Waals surface area contributed by atoms with Crippen LogP contribution in [-0.2, 0) is 13.2 Å². The topological polar surface area (TPSA) is 70.6 Å². The van der Waals surface area contributed by atoms with E-state index in [1.807, 2.05) is 56.3 Å². The molecule has 0 bridgehead atoms. The van der Waals surface area contributed by atoms with E-state index in [4.69, 9.17) is 4.74 Å². The number of hydrogen-bond donors (Lipinski definition) is 3. The molecule has 1 unspecified atom stereocenters. The number of carbonyl (C=O) groups is 1. The number of aliphatic hydroxyl groups is 1. The Hall–Kier alpha value is -2.53. The quantitative estimate of drug-likeness (QED) is 0.763. The van der Waals surface area contributed by atoms with Gasteiger partial charge in [0.15, 0.2) is 0 Å². The smallest absolute Gasteiger partial charge is 0.315 e. The first-order chi connectivity index (χ1) is 11.5. The number of aliphatic hydroxyl groups excluding tert-OH is 1. The second-order valence-electron chi connectivity index (χ2n) is 5.72. The molecule has 2 amide bonds. The molecule has 5 heteroatoms. The zero-order valence-corrected chi connectivity index (χ0v) is 14.3. The van der Waals surface area contributed by atoms with Crippen molar-refractivity contribution in [2.45, 2.75) is 33.0 Å². The molecule has 128 valence electrons. The molecule has 1 atom stereocenters. The highest BCUT2D eigenvalue weighted by molar-refractivity contribution is 5.74. The monoisotopic (exact) mass is 328 g/mol. The maximum atomic E-state index is 12.2. The highest BCUT2D eigenvalue weighted by Gasteiger charge is 2.14. The maximum Gasteiger partial charge on any atom is 0.315 e. The summed E-state index contributed by atoms with van der Waals surface area (Å²) < 4.78 is 5.36. The normalized spacial score (nSPS) is 11.7. The van der Waals surface area contributed by atoms with Crippen molar-refractivity contribution in [3.05, 3.63) is 64.7 Å². The summed E-state index contributed by atoms with van der Waals surface area (Å²) in [6.45, 7) is 4.23. The average Bonchev–Trinajstić information content (AvgIpc) is 2.60. The minimum absolute atomic E-state index is 0.0453. The fraction of sp³-hybridized carbons (Fsp3) is 0.316. The van der Waals surface area contributed by atoms with Gasteiger partial charge >= 0.3 is 6.03 Å². The molecule has 0 fully saturated rings. The molecule has 24 heavy (non-hydrogen) atoms. The third-order valence-electron chi connectivity index (χ3n) is 3.93. The van der Waals surface area contributed by atoms with Crippen molar-refractivity contribution in [3.8, 4) is 5.75 Å². The molecule has 0 saturated heterocycles. The van der Waals surface area contributed by atoms with Crippen LogP contribution in [0.15, 0.2) is 42.5 Å². The van der Waals surface area contributed by atoms with E-state index in [0.29, 0.717) is 6.54 Å². The number of hydrogen-bond acceptors (Lipinski definition) is 3. The molecule has 3 N–H and O–H groups in total. The molecule has 0 aliphatic carbocycles. The van der Waals surface area contributed by atoms with Crippen molar-refractivity contribution in [1.29, 1.82) is 0 Å². The highest BCUT2D eigenvalue weighted by atomic mass is 16.5. The predicted molar refractivity (Wildman–Crippen MR) is 93.9 cm³/mol. The summed E-state index contributed by atoms with van der Waals surface area (Å²) in [5.41, 5.74) is 3.75. The fourth-order valence-corrected chi connectivity index (χ4v) is 2.58. The van der Waals surface area contributed by atoms with Crippen LogP contribution < -0.4 is 15.4 Å². The Morgan fingerprint density at radius 1 is 1.21 bits per heavy atom. The Labute approximate surface area is 142 Å². The summed E-state index contributed by atoms with van der Waals surface area (Å²) in [7, 11) is 1.62. The van der Waals surface area contributed by atoms with Crippen LogP contribution >= 0.6 is 0 Å². The van der Waals surface area contributed by atoms with Crippen LogP contribution in [0.3, 0.4) is 0 Å². The van der Waals surface area contributed by atoms with Gasteiger partial charge in [-0.1, -0.05) is 42.0 Å². The van der Waals surface area contributed by atoms with Gasteiger partial charge in [-0.3, -0.25) is 0 Å². The average molecular weight is 328 g/mol. The predicted octanol–water partition coefficient (Wildman–Crippen LogP) is 3.06. The van der Waals surface area contributed by atoms with Gasteiger partial charge in [0, 0.05) is 12.1 Å². The molecule has 0 saturated carbocycles. The van der Waals surface area contributed by atoms with Gasteiger partial charge in [-0.15, -0.1) is 0 Å². The van der Waals surface area contributed by atoms with Crippen molar-refractivity contribution in [2.75, 3.05) is 7.11 Å². The van der Waals surface area contributed by atoms with Crippen LogP contribution in [0.4, 0.5) is 4.79 Å². The third-order valence-corrected chi connectivity index (χ3v) is 3.93. The molecule has 0 aromatic heterocycles. The second-order valence-corrected chi connectivity index (χ2v) is 5.72. The number of carbonyl (C=O) groups excluding carboxylic acids is 1. The first-order valence-electron chi connectivity index (χ1n) is 7.91. The zero-order chi connectivity index (χ0) is 17.5. The van der Waals surface area contributed by atoms with Gasteiger partial charge < -0.3 is 20.5 Å². The van der Waals surface area contributed by atoms with E-state index in [-0.39, 0.29) is 18.7 Å².